The molecule has 1 aromatic rings. The Morgan fingerprint density at radius 3 is 2.73 bits per heavy atom. The van der Waals surface area contributed by atoms with E-state index in [4.69, 9.17) is 0 Å². The summed E-state index contributed by atoms with van der Waals surface area (Å²) in [5.41, 5.74) is 0.854. The fraction of sp³-hybridized carbons (Fsp3) is 0.500. The van der Waals surface area contributed by atoms with Crippen LogP contribution in [0, 0.1) is 0 Å². The second-order valence-corrected chi connectivity index (χ2v) is 7.70. The summed E-state index contributed by atoms with van der Waals surface area (Å²) < 4.78 is 0.945. The highest BCUT2D eigenvalue weighted by atomic mass is 79.9. The molecule has 5 heteroatoms. The maximum atomic E-state index is 12.2. The van der Waals surface area contributed by atoms with Gasteiger partial charge in [-0.15, -0.1) is 11.8 Å². The van der Waals surface area contributed by atoms with Crippen LogP contribution < -0.4 is 0 Å². The zero-order chi connectivity index (χ0) is 10.8. The summed E-state index contributed by atoms with van der Waals surface area (Å²) in [5.74, 6) is 2.54. The lowest BCUT2D eigenvalue weighted by atomic mass is 10.1. The van der Waals surface area contributed by atoms with Crippen molar-refractivity contribution < 1.29 is 4.79 Å². The first-order valence-electron chi connectivity index (χ1n) is 4.69. The van der Waals surface area contributed by atoms with Crippen LogP contribution >= 0.6 is 50.8 Å². The van der Waals surface area contributed by atoms with Crippen molar-refractivity contribution in [2.45, 2.75) is 17.4 Å². The van der Waals surface area contributed by atoms with Crippen LogP contribution in [-0.2, 0) is 0 Å². The van der Waals surface area contributed by atoms with E-state index in [0.29, 0.717) is 5.25 Å². The van der Waals surface area contributed by atoms with Gasteiger partial charge in [0.15, 0.2) is 5.78 Å². The molecule has 0 saturated carbocycles. The molecule has 0 N–H and O–H groups in total. The first kappa shape index (κ1) is 12.0. The van der Waals surface area contributed by atoms with Gasteiger partial charge in [0.25, 0.3) is 0 Å². The average Bonchev–Trinajstić information content (AvgIpc) is 2.64. The van der Waals surface area contributed by atoms with Crippen molar-refractivity contribution in [2.75, 3.05) is 11.5 Å². The van der Waals surface area contributed by atoms with Gasteiger partial charge in [0.2, 0.25) is 0 Å². The number of hydrogen-bond donors (Lipinski definition) is 0. The Labute approximate surface area is 111 Å². The molecule has 1 fully saturated rings. The van der Waals surface area contributed by atoms with Crippen LogP contribution in [0.5, 0.6) is 0 Å². The molecule has 2 heterocycles. The van der Waals surface area contributed by atoms with Crippen LogP contribution in [0.1, 0.15) is 17.3 Å². The zero-order valence-corrected chi connectivity index (χ0v) is 12.3. The van der Waals surface area contributed by atoms with Crippen LogP contribution in [0.2, 0.25) is 0 Å². The second kappa shape index (κ2) is 5.25. The van der Waals surface area contributed by atoms with Gasteiger partial charge in [0.05, 0.1) is 5.25 Å². The van der Waals surface area contributed by atoms with Gasteiger partial charge in [-0.2, -0.15) is 23.1 Å². The molecule has 0 aromatic carbocycles. The highest BCUT2D eigenvalue weighted by molar-refractivity contribution is 9.10. The normalized spacial score (nSPS) is 26.5. The van der Waals surface area contributed by atoms with Crippen molar-refractivity contribution in [3.05, 3.63) is 20.8 Å². The summed E-state index contributed by atoms with van der Waals surface area (Å²) in [5, 5.41) is 4.48. The number of carbonyl (C=O) groups is 1. The number of Topliss-reactive ketones (excluding diaryl/α,β-unsaturated/α-hetero) is 1. The summed E-state index contributed by atoms with van der Waals surface area (Å²) in [6.45, 7) is 2.15. The number of rotatable bonds is 2. The highest BCUT2D eigenvalue weighted by Gasteiger charge is 2.30. The molecule has 0 radical (unpaired) electrons. The molecule has 0 aliphatic carbocycles. The molecule has 15 heavy (non-hydrogen) atoms. The third-order valence-corrected chi connectivity index (χ3v) is 7.12. The summed E-state index contributed by atoms with van der Waals surface area (Å²) in [6.07, 6.45) is 0. The van der Waals surface area contributed by atoms with Crippen molar-refractivity contribution in [3.63, 3.8) is 0 Å². The van der Waals surface area contributed by atoms with Crippen molar-refractivity contribution in [3.8, 4) is 0 Å². The van der Waals surface area contributed by atoms with E-state index in [9.17, 15) is 4.79 Å². The molecule has 2 unspecified atom stereocenters. The number of hydrogen-bond acceptors (Lipinski definition) is 4. The van der Waals surface area contributed by atoms with Crippen LogP contribution in [0.25, 0.3) is 0 Å². The molecular weight excluding hydrogens is 312 g/mol. The Bertz CT molecular complexity index is 363. The molecule has 1 aliphatic heterocycles. The topological polar surface area (TPSA) is 17.1 Å². The van der Waals surface area contributed by atoms with Gasteiger partial charge in [-0.05, 0) is 15.9 Å². The molecule has 0 spiro atoms. The molecule has 1 saturated heterocycles. The predicted molar refractivity (Wildman–Crippen MR) is 74.5 cm³/mol. The lowest BCUT2D eigenvalue weighted by Gasteiger charge is -2.26. The Balaban J connectivity index is 2.17. The minimum absolute atomic E-state index is 0.134. The Morgan fingerprint density at radius 2 is 2.13 bits per heavy atom. The van der Waals surface area contributed by atoms with E-state index in [0.717, 1.165) is 15.8 Å². The van der Waals surface area contributed by atoms with Crippen LogP contribution in [0.15, 0.2) is 15.2 Å². The average molecular weight is 323 g/mol. The van der Waals surface area contributed by atoms with Crippen LogP contribution in [0.4, 0.5) is 0 Å². The van der Waals surface area contributed by atoms with Crippen molar-refractivity contribution in [1.82, 2.24) is 0 Å². The predicted octanol–water partition coefficient (Wildman–Crippen LogP) is 3.93. The first-order valence-corrected chi connectivity index (χ1v) is 8.52. The minimum Gasteiger partial charge on any atom is -0.293 e. The smallest absolute Gasteiger partial charge is 0.178 e. The molecule has 82 valence electrons. The summed E-state index contributed by atoms with van der Waals surface area (Å²) in [4.78, 5) is 12.2. The monoisotopic (exact) mass is 322 g/mol. The number of thiophene rings is 1. The maximum absolute atomic E-state index is 12.2. The third kappa shape index (κ3) is 2.62. The molecule has 1 nitrogen and oxygen atoms in total. The lowest BCUT2D eigenvalue weighted by molar-refractivity contribution is 0.0989. The Hall–Kier alpha value is 0.550. The fourth-order valence-electron chi connectivity index (χ4n) is 1.53. The van der Waals surface area contributed by atoms with Crippen LogP contribution in [-0.4, -0.2) is 27.8 Å². The molecular formula is C10H11BrOS3. The van der Waals surface area contributed by atoms with E-state index in [1.807, 2.05) is 22.5 Å². The molecule has 0 amide bonds. The van der Waals surface area contributed by atoms with E-state index in [-0.39, 0.29) is 11.0 Å². The van der Waals surface area contributed by atoms with E-state index in [1.165, 1.54) is 5.75 Å². The SMILES string of the molecule is CC1SCCSC1C(=O)c1cscc1Br. The summed E-state index contributed by atoms with van der Waals surface area (Å²) in [6, 6.07) is 0. The van der Waals surface area contributed by atoms with Gasteiger partial charge in [0, 0.05) is 37.6 Å². The molecule has 2 rings (SSSR count). The highest BCUT2D eigenvalue weighted by Crippen LogP contribution is 2.35. The quantitative estimate of drug-likeness (QED) is 0.768. The number of carbonyl (C=O) groups excluding carboxylic acids is 1. The third-order valence-electron chi connectivity index (χ3n) is 2.33. The van der Waals surface area contributed by atoms with Gasteiger partial charge >= 0.3 is 0 Å². The van der Waals surface area contributed by atoms with Crippen molar-refractivity contribution in [2.24, 2.45) is 0 Å². The van der Waals surface area contributed by atoms with Gasteiger partial charge in [0.1, 0.15) is 0 Å². The lowest BCUT2D eigenvalue weighted by Crippen LogP contribution is -2.31. The van der Waals surface area contributed by atoms with E-state index >= 15 is 0 Å². The van der Waals surface area contributed by atoms with Gasteiger partial charge in [-0.3, -0.25) is 4.79 Å². The fourth-order valence-corrected chi connectivity index (χ4v) is 5.72. The van der Waals surface area contributed by atoms with E-state index < -0.39 is 0 Å². The largest absolute Gasteiger partial charge is 0.293 e. The molecule has 2 atom stereocenters. The van der Waals surface area contributed by atoms with Gasteiger partial charge < -0.3 is 0 Å². The molecule has 0 bridgehead atoms. The van der Waals surface area contributed by atoms with Gasteiger partial charge in [-0.1, -0.05) is 6.92 Å². The van der Waals surface area contributed by atoms with Crippen molar-refractivity contribution in [1.29, 1.82) is 0 Å². The van der Waals surface area contributed by atoms with Gasteiger partial charge in [-0.25, -0.2) is 0 Å². The standard InChI is InChI=1S/C10H11BrOS3/c1-6-10(15-3-2-14-6)9(12)7-4-13-5-8(7)11/h4-6,10H,2-3H2,1H3. The van der Waals surface area contributed by atoms with E-state index in [2.05, 4.69) is 22.9 Å². The number of thioether (sulfide) groups is 2. The zero-order valence-electron chi connectivity index (χ0n) is 8.23. The molecule has 1 aromatic heterocycles. The van der Waals surface area contributed by atoms with Crippen LogP contribution in [0.3, 0.4) is 0 Å². The van der Waals surface area contributed by atoms with E-state index in [1.54, 1.807) is 23.1 Å². The summed E-state index contributed by atoms with van der Waals surface area (Å²) >= 11 is 8.71. The number of ketones is 1. The first-order chi connectivity index (χ1) is 7.20. The Kier molecular flexibility index (Phi) is 4.21. The van der Waals surface area contributed by atoms with Crippen molar-refractivity contribution >= 4 is 56.6 Å². The minimum atomic E-state index is 0.134. The summed E-state index contributed by atoms with van der Waals surface area (Å²) in [7, 11) is 0. The number of halogens is 1. The Morgan fingerprint density at radius 1 is 1.40 bits per heavy atom. The second-order valence-electron chi connectivity index (χ2n) is 3.36. The molecule has 1 aliphatic rings. The maximum Gasteiger partial charge on any atom is 0.178 e.